The van der Waals surface area contributed by atoms with Gasteiger partial charge in [0.05, 0.1) is 0 Å². The quantitative estimate of drug-likeness (QED) is 0.100. The first-order valence-corrected chi connectivity index (χ1v) is 17.3. The second-order valence-electron chi connectivity index (χ2n) is 12.2. The molecular formula is C29H57NO6Si. The van der Waals surface area contributed by atoms with Crippen molar-refractivity contribution in [3.05, 3.63) is 0 Å². The number of ether oxygens (including phenoxy) is 2. The van der Waals surface area contributed by atoms with E-state index in [9.17, 15) is 14.4 Å². The van der Waals surface area contributed by atoms with Crippen LogP contribution in [0.25, 0.3) is 0 Å². The number of esters is 2. The van der Waals surface area contributed by atoms with Gasteiger partial charge in [-0.15, -0.1) is 0 Å². The van der Waals surface area contributed by atoms with Crippen molar-refractivity contribution in [1.29, 1.82) is 0 Å². The van der Waals surface area contributed by atoms with Crippen molar-refractivity contribution in [3.63, 3.8) is 0 Å². The molecule has 0 bridgehead atoms. The number of carbonyl (C=O) groups excluding carboxylic acids is 3. The molecule has 0 heterocycles. The van der Waals surface area contributed by atoms with Gasteiger partial charge in [0.15, 0.2) is 8.32 Å². The zero-order chi connectivity index (χ0) is 28.5. The molecule has 8 heteroatoms. The van der Waals surface area contributed by atoms with Gasteiger partial charge in [-0.2, -0.15) is 0 Å². The lowest BCUT2D eigenvalue weighted by molar-refractivity contribution is -0.150. The fourth-order valence-electron chi connectivity index (χ4n) is 4.19. The van der Waals surface area contributed by atoms with Gasteiger partial charge in [-0.1, -0.05) is 85.5 Å². The third kappa shape index (κ3) is 16.9. The molecule has 1 atom stereocenters. The van der Waals surface area contributed by atoms with Gasteiger partial charge in [-0.3, -0.25) is 14.4 Å². The molecule has 0 aromatic carbocycles. The van der Waals surface area contributed by atoms with E-state index < -0.39 is 25.8 Å². The minimum absolute atomic E-state index is 0.0142. The fourth-order valence-corrected chi connectivity index (χ4v) is 5.62. The van der Waals surface area contributed by atoms with Crippen molar-refractivity contribution >= 4 is 26.2 Å². The zero-order valence-corrected chi connectivity index (χ0v) is 26.4. The molecule has 0 saturated heterocycles. The minimum atomic E-state index is -1.79. The maximum Gasteiger partial charge on any atom is 0.302 e. The maximum absolute atomic E-state index is 11.9. The van der Waals surface area contributed by atoms with E-state index in [0.29, 0.717) is 12.5 Å². The second kappa shape index (κ2) is 18.0. The Morgan fingerprint density at radius 2 is 1.22 bits per heavy atom. The van der Waals surface area contributed by atoms with Crippen LogP contribution in [0.1, 0.15) is 126 Å². The van der Waals surface area contributed by atoms with E-state index >= 15 is 0 Å². The Morgan fingerprint density at radius 3 is 1.65 bits per heavy atom. The van der Waals surface area contributed by atoms with E-state index in [1.165, 1.54) is 46.5 Å². The van der Waals surface area contributed by atoms with Crippen LogP contribution in [0.15, 0.2) is 0 Å². The van der Waals surface area contributed by atoms with Crippen molar-refractivity contribution in [1.82, 2.24) is 5.32 Å². The van der Waals surface area contributed by atoms with Gasteiger partial charge in [0.1, 0.15) is 18.8 Å². The van der Waals surface area contributed by atoms with Crippen LogP contribution in [-0.4, -0.2) is 51.0 Å². The summed E-state index contributed by atoms with van der Waals surface area (Å²) in [5, 5.41) is 3.09. The average Bonchev–Trinajstić information content (AvgIpc) is 2.76. The standard InChI is InChI=1S/C29H57NO6Si/c1-10-11-12-16-19-27(36-37(8,9)28(5,6)7)20-17-14-13-15-18-21-29(30-24(2)31,22-34-25(3)32)23-35-26(4)33/h27H,10-23H2,1-9H3,(H,30,31). The number of hydrogen-bond acceptors (Lipinski definition) is 6. The molecule has 0 aliphatic carbocycles. The van der Waals surface area contributed by atoms with Gasteiger partial charge in [-0.05, 0) is 37.4 Å². The first-order valence-electron chi connectivity index (χ1n) is 14.4. The topological polar surface area (TPSA) is 90.9 Å². The summed E-state index contributed by atoms with van der Waals surface area (Å²) in [5.74, 6) is -1.10. The first kappa shape index (κ1) is 35.6. The van der Waals surface area contributed by atoms with Crippen LogP contribution in [0.5, 0.6) is 0 Å². The van der Waals surface area contributed by atoms with E-state index in [1.807, 2.05) is 0 Å². The molecule has 0 fully saturated rings. The Hall–Kier alpha value is -1.41. The largest absolute Gasteiger partial charge is 0.463 e. The maximum atomic E-state index is 11.9. The summed E-state index contributed by atoms with van der Waals surface area (Å²) in [4.78, 5) is 34.7. The van der Waals surface area contributed by atoms with Crippen LogP contribution in [0, 0.1) is 0 Å². The predicted molar refractivity (Wildman–Crippen MR) is 153 cm³/mol. The Morgan fingerprint density at radius 1 is 0.757 bits per heavy atom. The first-order chi connectivity index (χ1) is 17.1. The van der Waals surface area contributed by atoms with Gasteiger partial charge in [0.2, 0.25) is 5.91 Å². The van der Waals surface area contributed by atoms with Gasteiger partial charge in [0, 0.05) is 26.9 Å². The molecular weight excluding hydrogens is 486 g/mol. The summed E-state index contributed by atoms with van der Waals surface area (Å²) >= 11 is 0. The number of nitrogens with one attached hydrogen (secondary N) is 1. The lowest BCUT2D eigenvalue weighted by Crippen LogP contribution is -2.55. The Kier molecular flexibility index (Phi) is 17.3. The summed E-state index contributed by atoms with van der Waals surface area (Å²) in [5.41, 5.74) is -0.899. The molecule has 1 amide bonds. The van der Waals surface area contributed by atoms with Crippen LogP contribution in [0.3, 0.4) is 0 Å². The highest BCUT2D eigenvalue weighted by atomic mass is 28.4. The monoisotopic (exact) mass is 543 g/mol. The normalized spacial score (nSPS) is 13.2. The van der Waals surface area contributed by atoms with Crippen LogP contribution in [0.4, 0.5) is 0 Å². The highest BCUT2D eigenvalue weighted by Crippen LogP contribution is 2.38. The van der Waals surface area contributed by atoms with Crippen molar-refractivity contribution in [2.24, 2.45) is 0 Å². The number of rotatable bonds is 20. The fraction of sp³-hybridized carbons (Fsp3) is 0.897. The Balaban J connectivity index is 4.80. The Labute approximate surface area is 228 Å². The predicted octanol–water partition coefficient (Wildman–Crippen LogP) is 7.08. The number of carbonyl (C=O) groups is 3. The smallest absolute Gasteiger partial charge is 0.302 e. The zero-order valence-electron chi connectivity index (χ0n) is 25.4. The van der Waals surface area contributed by atoms with E-state index in [4.69, 9.17) is 13.9 Å². The van der Waals surface area contributed by atoms with Crippen LogP contribution >= 0.6 is 0 Å². The number of amides is 1. The average molecular weight is 544 g/mol. The summed E-state index contributed by atoms with van der Waals surface area (Å²) in [6.45, 7) is 17.9. The third-order valence-electron chi connectivity index (χ3n) is 7.37. The highest BCUT2D eigenvalue weighted by Gasteiger charge is 2.39. The number of hydrogen-bond donors (Lipinski definition) is 1. The van der Waals surface area contributed by atoms with Gasteiger partial charge < -0.3 is 19.2 Å². The molecule has 1 unspecified atom stereocenters. The molecule has 7 nitrogen and oxygen atoms in total. The van der Waals surface area contributed by atoms with Crippen molar-refractivity contribution in [2.75, 3.05) is 13.2 Å². The van der Waals surface area contributed by atoms with Crippen LogP contribution < -0.4 is 5.32 Å². The van der Waals surface area contributed by atoms with Gasteiger partial charge in [0.25, 0.3) is 0 Å². The summed E-state index contributed by atoms with van der Waals surface area (Å²) < 4.78 is 17.2. The van der Waals surface area contributed by atoms with E-state index in [2.05, 4.69) is 46.1 Å². The highest BCUT2D eigenvalue weighted by molar-refractivity contribution is 6.74. The molecule has 0 saturated carbocycles. The van der Waals surface area contributed by atoms with Crippen molar-refractivity contribution < 1.29 is 28.3 Å². The molecule has 0 rings (SSSR count). The van der Waals surface area contributed by atoms with Crippen molar-refractivity contribution in [2.45, 2.75) is 155 Å². The molecule has 0 aromatic rings. The summed E-state index contributed by atoms with van der Waals surface area (Å²) in [7, 11) is -1.79. The van der Waals surface area contributed by atoms with Crippen LogP contribution in [-0.2, 0) is 28.3 Å². The van der Waals surface area contributed by atoms with Gasteiger partial charge >= 0.3 is 11.9 Å². The molecule has 0 aromatic heterocycles. The summed E-state index contributed by atoms with van der Waals surface area (Å²) in [6.07, 6.45) is 13.4. The van der Waals surface area contributed by atoms with Gasteiger partial charge in [-0.25, -0.2) is 0 Å². The SMILES string of the molecule is CCCCCCC(CCCCCCCC(COC(C)=O)(COC(C)=O)NC(C)=O)O[Si](C)(C)C(C)(C)C. The lowest BCUT2D eigenvalue weighted by atomic mass is 9.92. The lowest BCUT2D eigenvalue weighted by Gasteiger charge is -2.39. The second-order valence-corrected chi connectivity index (χ2v) is 16.9. The molecule has 0 spiro atoms. The van der Waals surface area contributed by atoms with E-state index in [-0.39, 0.29) is 24.2 Å². The van der Waals surface area contributed by atoms with E-state index in [0.717, 1.165) is 44.9 Å². The molecule has 218 valence electrons. The molecule has 37 heavy (non-hydrogen) atoms. The molecule has 0 aliphatic rings. The minimum Gasteiger partial charge on any atom is -0.463 e. The van der Waals surface area contributed by atoms with Crippen LogP contribution in [0.2, 0.25) is 18.1 Å². The molecule has 0 aliphatic heterocycles. The van der Waals surface area contributed by atoms with Crippen molar-refractivity contribution in [3.8, 4) is 0 Å². The number of unbranched alkanes of at least 4 members (excludes halogenated alkanes) is 7. The summed E-state index contributed by atoms with van der Waals surface area (Å²) in [6, 6.07) is 0. The third-order valence-corrected chi connectivity index (χ3v) is 11.9. The van der Waals surface area contributed by atoms with E-state index in [1.54, 1.807) is 0 Å². The Bertz CT molecular complexity index is 656. The molecule has 1 N–H and O–H groups in total. The molecule has 0 radical (unpaired) electrons.